The zero-order valence-corrected chi connectivity index (χ0v) is 16.5. The van der Waals surface area contributed by atoms with Crippen LogP contribution in [0.2, 0.25) is 0 Å². The second-order valence-corrected chi connectivity index (χ2v) is 11.2. The second kappa shape index (κ2) is 6.36. The molecule has 5 rings (SSSR count). The van der Waals surface area contributed by atoms with E-state index in [9.17, 15) is 0 Å². The van der Waals surface area contributed by atoms with E-state index in [1.807, 2.05) is 0 Å². The fourth-order valence-corrected chi connectivity index (χ4v) is 9.91. The molecule has 0 saturated carbocycles. The highest BCUT2D eigenvalue weighted by Crippen LogP contribution is 2.27. The summed E-state index contributed by atoms with van der Waals surface area (Å²) >= 11 is 0. The van der Waals surface area contributed by atoms with Crippen molar-refractivity contribution in [3.05, 3.63) is 120 Å². The maximum atomic E-state index is 2.47. The van der Waals surface area contributed by atoms with Gasteiger partial charge in [-0.3, -0.25) is 0 Å². The Kier molecular flexibility index (Phi) is 3.84. The topological polar surface area (TPSA) is 0 Å². The van der Waals surface area contributed by atoms with Crippen LogP contribution in [0.25, 0.3) is 0 Å². The van der Waals surface area contributed by atoms with Crippen LogP contribution in [0.15, 0.2) is 109 Å². The third-order valence-corrected chi connectivity index (χ3v) is 10.9. The Bertz CT molecular complexity index is 1040. The summed E-state index contributed by atoms with van der Waals surface area (Å²) in [5.41, 5.74) is 2.89. The largest absolute Gasteiger partial charge is 0.179 e. The van der Waals surface area contributed by atoms with E-state index in [0.29, 0.717) is 5.92 Å². The SMILES string of the molecule is CC1c2cccc(c2)[Si](c2ccccc2)(c2ccccc2)c2ccccc21. The van der Waals surface area contributed by atoms with Crippen molar-refractivity contribution in [3.63, 3.8) is 0 Å². The summed E-state index contributed by atoms with van der Waals surface area (Å²) in [7, 11) is -2.33. The Labute approximate surface area is 162 Å². The van der Waals surface area contributed by atoms with Crippen molar-refractivity contribution in [1.82, 2.24) is 0 Å². The minimum Gasteiger partial charge on any atom is -0.0623 e. The molecule has 1 aliphatic rings. The van der Waals surface area contributed by atoms with Crippen LogP contribution in [0.1, 0.15) is 24.0 Å². The Morgan fingerprint density at radius 3 is 1.78 bits per heavy atom. The van der Waals surface area contributed by atoms with Gasteiger partial charge in [0.15, 0.2) is 8.07 Å². The third-order valence-electron chi connectivity index (χ3n) is 6.06. The van der Waals surface area contributed by atoms with Gasteiger partial charge in [0.25, 0.3) is 0 Å². The van der Waals surface area contributed by atoms with Crippen molar-refractivity contribution in [2.45, 2.75) is 12.8 Å². The Morgan fingerprint density at radius 2 is 1.11 bits per heavy atom. The van der Waals surface area contributed by atoms with Gasteiger partial charge >= 0.3 is 0 Å². The molecule has 1 heterocycles. The zero-order chi connectivity index (χ0) is 18.3. The van der Waals surface area contributed by atoms with Crippen LogP contribution in [0.4, 0.5) is 0 Å². The third kappa shape index (κ3) is 2.35. The Morgan fingerprint density at radius 1 is 0.556 bits per heavy atom. The second-order valence-electron chi connectivity index (χ2n) is 7.42. The molecule has 0 nitrogen and oxygen atoms in total. The maximum Gasteiger partial charge on any atom is 0.179 e. The van der Waals surface area contributed by atoms with E-state index in [1.165, 1.54) is 31.9 Å². The number of fused-ring (bicyclic) bond motifs is 3. The van der Waals surface area contributed by atoms with E-state index in [4.69, 9.17) is 0 Å². The van der Waals surface area contributed by atoms with Crippen molar-refractivity contribution in [3.8, 4) is 0 Å². The number of hydrogen-bond acceptors (Lipinski definition) is 0. The van der Waals surface area contributed by atoms with Crippen LogP contribution in [0, 0.1) is 0 Å². The van der Waals surface area contributed by atoms with Gasteiger partial charge in [-0.05, 0) is 31.9 Å². The van der Waals surface area contributed by atoms with Gasteiger partial charge in [0, 0.05) is 5.92 Å². The summed E-state index contributed by atoms with van der Waals surface area (Å²) in [6.07, 6.45) is 0. The molecule has 0 radical (unpaired) electrons. The van der Waals surface area contributed by atoms with E-state index in [2.05, 4.69) is 116 Å². The number of rotatable bonds is 2. The summed E-state index contributed by atoms with van der Waals surface area (Å²) in [5, 5.41) is 5.91. The normalized spacial score (nSPS) is 17.0. The van der Waals surface area contributed by atoms with Crippen LogP contribution in [0.5, 0.6) is 0 Å². The maximum absolute atomic E-state index is 2.47. The highest BCUT2D eigenvalue weighted by molar-refractivity contribution is 7.20. The van der Waals surface area contributed by atoms with Crippen molar-refractivity contribution in [2.75, 3.05) is 0 Å². The molecule has 1 atom stereocenters. The average molecular weight is 363 g/mol. The summed E-state index contributed by atoms with van der Waals surface area (Å²) < 4.78 is 0. The standard InChI is InChI=1S/C26H22Si/c1-20-21-11-10-16-24(19-21)27(22-12-4-2-5-13-22,23-14-6-3-7-15-23)26-18-9-8-17-25(20)26/h2-20H,1H3. The van der Waals surface area contributed by atoms with Crippen molar-refractivity contribution in [1.29, 1.82) is 0 Å². The molecule has 0 amide bonds. The lowest BCUT2D eigenvalue weighted by Gasteiger charge is -2.35. The fourth-order valence-electron chi connectivity index (χ4n) is 4.78. The quantitative estimate of drug-likeness (QED) is 0.479. The highest BCUT2D eigenvalue weighted by atomic mass is 28.3. The predicted octanol–water partition coefficient (Wildman–Crippen LogP) is 3.53. The van der Waals surface area contributed by atoms with E-state index in [-0.39, 0.29) is 0 Å². The molecule has 0 N–H and O–H groups in total. The molecule has 2 bridgehead atoms. The molecular formula is C26H22Si. The summed E-state index contributed by atoms with van der Waals surface area (Å²) in [6.45, 7) is 2.35. The van der Waals surface area contributed by atoms with Gasteiger partial charge in [-0.2, -0.15) is 0 Å². The molecule has 27 heavy (non-hydrogen) atoms. The molecule has 1 aliphatic heterocycles. The van der Waals surface area contributed by atoms with Gasteiger partial charge in [-0.25, -0.2) is 0 Å². The number of hydrogen-bond donors (Lipinski definition) is 0. The van der Waals surface area contributed by atoms with Crippen LogP contribution in [-0.2, 0) is 0 Å². The molecule has 0 fully saturated rings. The van der Waals surface area contributed by atoms with Crippen molar-refractivity contribution in [2.24, 2.45) is 0 Å². The van der Waals surface area contributed by atoms with E-state index < -0.39 is 8.07 Å². The highest BCUT2D eigenvalue weighted by Gasteiger charge is 2.44. The monoisotopic (exact) mass is 362 g/mol. The first kappa shape index (κ1) is 16.3. The van der Waals surface area contributed by atoms with Gasteiger partial charge in [-0.15, -0.1) is 0 Å². The van der Waals surface area contributed by atoms with Gasteiger partial charge in [0.2, 0.25) is 0 Å². The lowest BCUT2D eigenvalue weighted by molar-refractivity contribution is 0.933. The average Bonchev–Trinajstić information content (AvgIpc) is 2.82. The van der Waals surface area contributed by atoms with Crippen molar-refractivity contribution < 1.29 is 0 Å². The van der Waals surface area contributed by atoms with Gasteiger partial charge in [0.1, 0.15) is 0 Å². The van der Waals surface area contributed by atoms with Crippen LogP contribution >= 0.6 is 0 Å². The Hall–Kier alpha value is -2.90. The first-order chi connectivity index (χ1) is 13.3. The lowest BCUT2D eigenvalue weighted by atomic mass is 9.93. The van der Waals surface area contributed by atoms with Crippen LogP contribution in [-0.4, -0.2) is 8.07 Å². The van der Waals surface area contributed by atoms with E-state index in [1.54, 1.807) is 0 Å². The predicted molar refractivity (Wildman–Crippen MR) is 118 cm³/mol. The zero-order valence-electron chi connectivity index (χ0n) is 15.5. The molecule has 1 unspecified atom stereocenters. The van der Waals surface area contributed by atoms with Gasteiger partial charge in [-0.1, -0.05) is 116 Å². The molecule has 1 heteroatoms. The fraction of sp³-hybridized carbons (Fsp3) is 0.0769. The first-order valence-corrected chi connectivity index (χ1v) is 11.6. The summed E-state index contributed by atoms with van der Waals surface area (Å²) in [4.78, 5) is 0. The van der Waals surface area contributed by atoms with Gasteiger partial charge < -0.3 is 0 Å². The summed E-state index contributed by atoms with van der Waals surface area (Å²) in [6, 6.07) is 40.8. The smallest absolute Gasteiger partial charge is 0.0623 e. The Balaban J connectivity index is 2.00. The molecule has 4 aromatic carbocycles. The molecule has 0 aromatic heterocycles. The molecule has 0 saturated heterocycles. The van der Waals surface area contributed by atoms with E-state index in [0.717, 1.165) is 0 Å². The lowest BCUT2D eigenvalue weighted by Crippen LogP contribution is -2.75. The van der Waals surface area contributed by atoms with Crippen molar-refractivity contribution >= 4 is 28.8 Å². The van der Waals surface area contributed by atoms with Gasteiger partial charge in [0.05, 0.1) is 0 Å². The molecular weight excluding hydrogens is 340 g/mol. The van der Waals surface area contributed by atoms with Crippen LogP contribution in [0.3, 0.4) is 0 Å². The number of benzene rings is 4. The molecule has 0 aliphatic carbocycles. The minimum absolute atomic E-state index is 0.406. The molecule has 4 aromatic rings. The molecule has 0 spiro atoms. The van der Waals surface area contributed by atoms with E-state index >= 15 is 0 Å². The minimum atomic E-state index is -2.33. The molecule has 130 valence electrons. The first-order valence-electron chi connectivity index (χ1n) is 9.62. The summed E-state index contributed by atoms with van der Waals surface area (Å²) in [5.74, 6) is 0.406. The van der Waals surface area contributed by atoms with Crippen LogP contribution < -0.4 is 20.7 Å².